The number of allylic oxidation sites excluding steroid dienone is 1. The fourth-order valence-corrected chi connectivity index (χ4v) is 5.88. The van der Waals surface area contributed by atoms with Crippen LogP contribution in [0.5, 0.6) is 0 Å². The van der Waals surface area contributed by atoms with Gasteiger partial charge >= 0.3 is 5.97 Å². The maximum Gasteiger partial charge on any atom is 0.338 e. The van der Waals surface area contributed by atoms with Crippen LogP contribution in [0.1, 0.15) is 37.4 Å². The SMILES string of the molecule is C=CCOC(=O)C1=C(C)N=c2sc(=C3C(=O)N(CCC)c4ccccc43)c(=O)n2C1c1ccccc1. The van der Waals surface area contributed by atoms with E-state index in [0.29, 0.717) is 27.1 Å². The number of rotatable bonds is 6. The predicted molar refractivity (Wildman–Crippen MR) is 139 cm³/mol. The summed E-state index contributed by atoms with van der Waals surface area (Å²) < 4.78 is 7.20. The summed E-state index contributed by atoms with van der Waals surface area (Å²) in [6, 6.07) is 16.1. The van der Waals surface area contributed by atoms with Crippen molar-refractivity contribution in [1.29, 1.82) is 0 Å². The van der Waals surface area contributed by atoms with Crippen molar-refractivity contribution in [2.45, 2.75) is 26.3 Å². The standard InChI is InChI=1S/C28H25N3O4S/c1-4-15-30-20-14-10-9-13-19(20)22(25(30)32)24-26(33)31-23(18-11-7-6-8-12-18)21(27(34)35-16-5-2)17(3)29-28(31)36-24/h5-14,23H,2,4,15-16H2,1,3H3. The van der Waals surface area contributed by atoms with Gasteiger partial charge in [-0.25, -0.2) is 9.79 Å². The van der Waals surface area contributed by atoms with Crippen molar-refractivity contribution in [3.8, 4) is 0 Å². The van der Waals surface area contributed by atoms with Crippen LogP contribution in [0.25, 0.3) is 5.57 Å². The fourth-order valence-electron chi connectivity index (χ4n) is 4.74. The Morgan fingerprint density at radius 3 is 2.58 bits per heavy atom. The highest BCUT2D eigenvalue weighted by atomic mass is 32.1. The lowest BCUT2D eigenvalue weighted by Crippen LogP contribution is -2.41. The number of fused-ring (bicyclic) bond motifs is 2. The predicted octanol–water partition coefficient (Wildman–Crippen LogP) is 3.09. The first-order valence-electron chi connectivity index (χ1n) is 11.8. The average molecular weight is 500 g/mol. The Balaban J connectivity index is 1.79. The van der Waals surface area contributed by atoms with E-state index in [-0.39, 0.29) is 23.6 Å². The second-order valence-corrected chi connectivity index (χ2v) is 9.53. The average Bonchev–Trinajstić information content (AvgIpc) is 3.35. The number of esters is 1. The zero-order chi connectivity index (χ0) is 25.4. The smallest absolute Gasteiger partial charge is 0.338 e. The second-order valence-electron chi connectivity index (χ2n) is 8.55. The lowest BCUT2D eigenvalue weighted by Gasteiger charge is -2.24. The molecule has 0 saturated carbocycles. The van der Waals surface area contributed by atoms with Crippen LogP contribution in [-0.4, -0.2) is 29.6 Å². The minimum absolute atomic E-state index is 0.0459. The van der Waals surface area contributed by atoms with E-state index in [0.717, 1.165) is 23.2 Å². The summed E-state index contributed by atoms with van der Waals surface area (Å²) in [5, 5.41) is 0. The number of ether oxygens (including phenoxy) is 1. The fraction of sp³-hybridized carbons (Fsp3) is 0.214. The van der Waals surface area contributed by atoms with Crippen molar-refractivity contribution in [3.63, 3.8) is 0 Å². The van der Waals surface area contributed by atoms with Crippen LogP contribution in [0, 0.1) is 0 Å². The van der Waals surface area contributed by atoms with Crippen LogP contribution in [-0.2, 0) is 14.3 Å². The molecule has 1 unspecified atom stereocenters. The molecule has 1 atom stereocenters. The highest BCUT2D eigenvalue weighted by Crippen LogP contribution is 2.35. The minimum atomic E-state index is -0.729. The van der Waals surface area contributed by atoms with E-state index in [4.69, 9.17) is 4.74 Å². The zero-order valence-corrected chi connectivity index (χ0v) is 20.9. The summed E-state index contributed by atoms with van der Waals surface area (Å²) in [7, 11) is 0. The van der Waals surface area contributed by atoms with E-state index >= 15 is 0 Å². The largest absolute Gasteiger partial charge is 0.458 e. The molecule has 3 aromatic rings. The van der Waals surface area contributed by atoms with Gasteiger partial charge in [0.05, 0.1) is 28.6 Å². The molecule has 0 bridgehead atoms. The third-order valence-electron chi connectivity index (χ3n) is 6.26. The van der Waals surface area contributed by atoms with Crippen molar-refractivity contribution in [2.75, 3.05) is 18.1 Å². The first-order chi connectivity index (χ1) is 17.5. The summed E-state index contributed by atoms with van der Waals surface area (Å²) in [4.78, 5) is 47.5. The van der Waals surface area contributed by atoms with Crippen LogP contribution in [0.15, 0.2) is 88.3 Å². The number of para-hydroxylation sites is 1. The monoisotopic (exact) mass is 499 g/mol. The Hall–Kier alpha value is -4.04. The van der Waals surface area contributed by atoms with Crippen LogP contribution in [0.4, 0.5) is 5.69 Å². The summed E-state index contributed by atoms with van der Waals surface area (Å²) >= 11 is 1.18. The maximum absolute atomic E-state index is 14.0. The highest BCUT2D eigenvalue weighted by molar-refractivity contribution is 7.07. The van der Waals surface area contributed by atoms with Crippen molar-refractivity contribution in [2.24, 2.45) is 4.99 Å². The van der Waals surface area contributed by atoms with Gasteiger partial charge in [-0.05, 0) is 25.0 Å². The van der Waals surface area contributed by atoms with Gasteiger partial charge in [0.2, 0.25) is 0 Å². The molecule has 1 aromatic heterocycles. The molecule has 3 heterocycles. The van der Waals surface area contributed by atoms with E-state index in [2.05, 4.69) is 11.6 Å². The molecule has 0 radical (unpaired) electrons. The van der Waals surface area contributed by atoms with Gasteiger partial charge in [-0.2, -0.15) is 0 Å². The lowest BCUT2D eigenvalue weighted by molar-refractivity contribution is -0.138. The number of amides is 1. The molecule has 2 aliphatic rings. The molecule has 182 valence electrons. The minimum Gasteiger partial charge on any atom is -0.458 e. The van der Waals surface area contributed by atoms with Gasteiger partial charge in [0.1, 0.15) is 11.1 Å². The Labute approximate surface area is 212 Å². The first kappa shape index (κ1) is 23.7. The number of carbonyl (C=O) groups excluding carboxylic acids is 2. The van der Waals surface area contributed by atoms with Crippen LogP contribution < -0.4 is 19.8 Å². The number of hydrogen-bond donors (Lipinski definition) is 0. The Morgan fingerprint density at radius 1 is 1.14 bits per heavy atom. The summed E-state index contributed by atoms with van der Waals surface area (Å²) in [6.07, 6.45) is 2.28. The molecule has 7 nitrogen and oxygen atoms in total. The maximum atomic E-state index is 14.0. The van der Waals surface area contributed by atoms with Gasteiger partial charge in [-0.15, -0.1) is 0 Å². The normalized spacial score (nSPS) is 18.0. The van der Waals surface area contributed by atoms with Gasteiger partial charge < -0.3 is 9.64 Å². The molecule has 5 rings (SSSR count). The van der Waals surface area contributed by atoms with Gasteiger partial charge in [-0.3, -0.25) is 14.2 Å². The molecule has 1 amide bonds. The number of thiazole rings is 1. The molecule has 0 fully saturated rings. The molecule has 8 heteroatoms. The van der Waals surface area contributed by atoms with Gasteiger partial charge in [0.25, 0.3) is 11.5 Å². The summed E-state index contributed by atoms with van der Waals surface area (Å²) in [5.74, 6) is -0.750. The number of nitrogens with zero attached hydrogens (tertiary/aromatic N) is 3. The number of hydrogen-bond acceptors (Lipinski definition) is 6. The van der Waals surface area contributed by atoms with Gasteiger partial charge in [-0.1, -0.05) is 79.4 Å². The van der Waals surface area contributed by atoms with Crippen molar-refractivity contribution < 1.29 is 14.3 Å². The molecular weight excluding hydrogens is 474 g/mol. The van der Waals surface area contributed by atoms with Gasteiger partial charge in [0.15, 0.2) is 4.80 Å². The number of anilines is 1. The van der Waals surface area contributed by atoms with E-state index in [9.17, 15) is 14.4 Å². The third kappa shape index (κ3) is 3.74. The van der Waals surface area contributed by atoms with E-state index in [1.165, 1.54) is 22.0 Å². The Kier molecular flexibility index (Phi) is 6.28. The molecule has 2 aromatic carbocycles. The highest BCUT2D eigenvalue weighted by Gasteiger charge is 2.37. The number of aromatic nitrogens is 1. The molecular formula is C28H25N3O4S. The molecule has 36 heavy (non-hydrogen) atoms. The van der Waals surface area contributed by atoms with Gasteiger partial charge in [0, 0.05) is 12.1 Å². The van der Waals surface area contributed by atoms with Crippen LogP contribution >= 0.6 is 11.3 Å². The number of carbonyl (C=O) groups is 2. The second kappa shape index (κ2) is 9.54. The number of benzene rings is 2. The van der Waals surface area contributed by atoms with E-state index < -0.39 is 12.0 Å². The molecule has 0 saturated heterocycles. The van der Waals surface area contributed by atoms with Crippen LogP contribution in [0.3, 0.4) is 0 Å². The first-order valence-corrected chi connectivity index (χ1v) is 12.6. The Bertz CT molecular complexity index is 1600. The van der Waals surface area contributed by atoms with E-state index in [1.54, 1.807) is 11.8 Å². The molecule has 0 spiro atoms. The molecule has 0 N–H and O–H groups in total. The quantitative estimate of drug-likeness (QED) is 0.386. The topological polar surface area (TPSA) is 81.0 Å². The third-order valence-corrected chi connectivity index (χ3v) is 7.32. The van der Waals surface area contributed by atoms with Crippen molar-refractivity contribution >= 4 is 34.5 Å². The Morgan fingerprint density at radius 2 is 1.86 bits per heavy atom. The zero-order valence-electron chi connectivity index (χ0n) is 20.1. The van der Waals surface area contributed by atoms with E-state index in [1.807, 2.05) is 61.5 Å². The van der Waals surface area contributed by atoms with Crippen LogP contribution in [0.2, 0.25) is 0 Å². The summed E-state index contributed by atoms with van der Waals surface area (Å²) in [6.45, 7) is 7.96. The summed E-state index contributed by atoms with van der Waals surface area (Å²) in [5.41, 5.74) is 3.07. The molecule has 0 aliphatic carbocycles. The van der Waals surface area contributed by atoms with Crippen molar-refractivity contribution in [3.05, 3.63) is 109 Å². The van der Waals surface area contributed by atoms with Crippen molar-refractivity contribution in [1.82, 2.24) is 4.57 Å². The lowest BCUT2D eigenvalue weighted by atomic mass is 9.96. The molecule has 2 aliphatic heterocycles.